The minimum atomic E-state index is -0.752. The molecule has 0 saturated heterocycles. The van der Waals surface area contributed by atoms with E-state index < -0.39 is 33.2 Å². The molecule has 8 nitrogen and oxygen atoms in total. The molecule has 0 fully saturated rings. The van der Waals surface area contributed by atoms with Gasteiger partial charge in [-0.2, -0.15) is 0 Å². The Labute approximate surface area is 207 Å². The van der Waals surface area contributed by atoms with E-state index in [1.807, 2.05) is 19.9 Å². The zero-order valence-corrected chi connectivity index (χ0v) is 25.2. The molecule has 0 aromatic rings. The topological polar surface area (TPSA) is 116 Å². The summed E-state index contributed by atoms with van der Waals surface area (Å²) in [6.45, 7) is 6.27. The number of likely N-dealkylation sites (N-methyl/N-ethyl adjacent to an activating group) is 1. The van der Waals surface area contributed by atoms with E-state index in [-0.39, 0.29) is 44.8 Å². The molecule has 4 N–H and O–H groups in total. The molecule has 4 amide bonds. The fraction of sp³-hybridized carbons (Fsp3) is 0.714. The predicted molar refractivity (Wildman–Crippen MR) is 126 cm³/mol. The summed E-state index contributed by atoms with van der Waals surface area (Å²) in [5, 5.41) is 11.0. The van der Waals surface area contributed by atoms with E-state index in [1.54, 1.807) is 0 Å². The Balaban J connectivity index is 4.98. The number of carbonyl (C=O) groups is 4. The Bertz CT molecular complexity index is 614. The second-order valence-electron chi connectivity index (χ2n) is 7.22. The monoisotopic (exact) mass is 650 g/mol. The second-order valence-corrected chi connectivity index (χ2v) is 15.5. The molecule has 0 rings (SSSR count). The van der Waals surface area contributed by atoms with E-state index in [4.69, 9.17) is 0 Å². The van der Waals surface area contributed by atoms with Crippen LogP contribution >= 0.6 is 0 Å². The van der Waals surface area contributed by atoms with Crippen LogP contribution in [0.3, 0.4) is 0 Å². The van der Waals surface area contributed by atoms with Crippen molar-refractivity contribution >= 4 is 65.9 Å². The van der Waals surface area contributed by atoms with Crippen molar-refractivity contribution in [3.05, 3.63) is 11.6 Å². The first kappa shape index (κ1) is 30.2. The third-order valence-corrected chi connectivity index (χ3v) is 9.89. The first-order valence-corrected chi connectivity index (χ1v) is 19.8. The van der Waals surface area contributed by atoms with Crippen molar-refractivity contribution in [1.82, 2.24) is 21.3 Å². The molecule has 0 aliphatic rings. The van der Waals surface area contributed by atoms with Crippen LogP contribution in [0.1, 0.15) is 46.5 Å². The molecule has 10 heteroatoms. The van der Waals surface area contributed by atoms with Crippen molar-refractivity contribution in [2.45, 2.75) is 76.8 Å². The first-order chi connectivity index (χ1) is 14.8. The molecule has 0 aliphatic heterocycles. The molecule has 0 aromatic carbocycles. The third kappa shape index (κ3) is 14.8. The SMILES string of the molecule is C[CH2][Sn][CH2]CC(=O)NCC=C(C)CC(NC(=O)C[CH2][Sn][CH3])C(=O)NC(CC)C(=O)NC. The van der Waals surface area contributed by atoms with Gasteiger partial charge in [0.2, 0.25) is 0 Å². The van der Waals surface area contributed by atoms with E-state index in [1.165, 1.54) is 11.5 Å². The van der Waals surface area contributed by atoms with Crippen LogP contribution in [0.15, 0.2) is 11.6 Å². The Morgan fingerprint density at radius 1 is 0.935 bits per heavy atom. The zero-order chi connectivity index (χ0) is 23.6. The quantitative estimate of drug-likeness (QED) is 0.114. The van der Waals surface area contributed by atoms with Crippen molar-refractivity contribution in [2.75, 3.05) is 13.6 Å². The fourth-order valence-electron chi connectivity index (χ4n) is 2.73. The molecule has 2 unspecified atom stereocenters. The standard InChI is InChI=1S/C18H30N4O4.C2H5.CH3.2Sn/c1-6-13(17(25)19-5)22-18(26)14(21-16(24)8-3)11-12(4)9-10-20-15(23)7-2;1-2;;;/h9,13-14H,2-3,6-8,10-11H2,1,4-5H3,(H,19,25)(H,20,23)(H,21,24)(H,22,26);1H2,2H3;1H3;;. The van der Waals surface area contributed by atoms with Gasteiger partial charge in [0.1, 0.15) is 0 Å². The Morgan fingerprint density at radius 2 is 1.61 bits per heavy atom. The maximum atomic E-state index is 12.8. The Hall–Kier alpha value is -0.783. The van der Waals surface area contributed by atoms with Crippen LogP contribution in [0, 0.1) is 0 Å². The van der Waals surface area contributed by atoms with Crippen molar-refractivity contribution in [1.29, 1.82) is 0 Å². The summed E-state index contributed by atoms with van der Waals surface area (Å²) in [5.74, 6) is -0.719. The van der Waals surface area contributed by atoms with E-state index >= 15 is 0 Å². The molecule has 0 aliphatic carbocycles. The molecule has 0 bridgehead atoms. The van der Waals surface area contributed by atoms with Crippen LogP contribution in [-0.2, 0) is 19.2 Å². The number of rotatable bonds is 16. The summed E-state index contributed by atoms with van der Waals surface area (Å²) < 4.78 is 3.21. The molecule has 0 aromatic heterocycles. The van der Waals surface area contributed by atoms with E-state index in [0.29, 0.717) is 32.2 Å². The predicted octanol–water partition coefficient (Wildman–Crippen LogP) is 1.08. The van der Waals surface area contributed by atoms with Gasteiger partial charge in [-0.05, 0) is 0 Å². The fourth-order valence-corrected chi connectivity index (χ4v) is 6.25. The molecule has 174 valence electrons. The van der Waals surface area contributed by atoms with Crippen LogP contribution in [-0.4, -0.2) is 91.6 Å². The summed E-state index contributed by atoms with van der Waals surface area (Å²) in [4.78, 5) is 51.0. The Kier molecular flexibility index (Phi) is 18.3. The summed E-state index contributed by atoms with van der Waals surface area (Å²) >= 11 is -0.844. The van der Waals surface area contributed by atoms with Crippen molar-refractivity contribution < 1.29 is 19.2 Å². The van der Waals surface area contributed by atoms with E-state index in [2.05, 4.69) is 33.1 Å². The Morgan fingerprint density at radius 3 is 2.19 bits per heavy atom. The van der Waals surface area contributed by atoms with E-state index in [0.717, 1.165) is 14.4 Å². The average Bonchev–Trinajstić information content (AvgIpc) is 2.74. The van der Waals surface area contributed by atoms with Gasteiger partial charge in [-0.3, -0.25) is 0 Å². The van der Waals surface area contributed by atoms with Crippen LogP contribution in [0.25, 0.3) is 0 Å². The molecule has 0 heterocycles. The van der Waals surface area contributed by atoms with Gasteiger partial charge in [-0.15, -0.1) is 0 Å². The van der Waals surface area contributed by atoms with Crippen molar-refractivity contribution in [2.24, 2.45) is 0 Å². The van der Waals surface area contributed by atoms with Gasteiger partial charge in [-0.1, -0.05) is 0 Å². The first-order valence-electron chi connectivity index (χ1n) is 10.9. The summed E-state index contributed by atoms with van der Waals surface area (Å²) in [7, 11) is 1.53. The summed E-state index contributed by atoms with van der Waals surface area (Å²) in [5.41, 5.74) is 0.894. The zero-order valence-electron chi connectivity index (χ0n) is 19.5. The van der Waals surface area contributed by atoms with Gasteiger partial charge in [0.15, 0.2) is 0 Å². The van der Waals surface area contributed by atoms with Crippen LogP contribution in [0.4, 0.5) is 0 Å². The molecular weight excluding hydrogens is 610 g/mol. The van der Waals surface area contributed by atoms with E-state index in [9.17, 15) is 19.2 Å². The normalized spacial score (nSPS) is 13.1. The van der Waals surface area contributed by atoms with Crippen molar-refractivity contribution in [3.8, 4) is 0 Å². The molecule has 0 spiro atoms. The van der Waals surface area contributed by atoms with Crippen LogP contribution in [0.5, 0.6) is 0 Å². The third-order valence-electron chi connectivity index (χ3n) is 4.60. The van der Waals surface area contributed by atoms with Gasteiger partial charge < -0.3 is 0 Å². The number of amides is 4. The number of carbonyl (C=O) groups excluding carboxylic acids is 4. The molecule has 31 heavy (non-hydrogen) atoms. The van der Waals surface area contributed by atoms with Gasteiger partial charge in [0.05, 0.1) is 0 Å². The minimum absolute atomic E-state index is 0.0574. The van der Waals surface area contributed by atoms with Gasteiger partial charge in [0.25, 0.3) is 0 Å². The second kappa shape index (κ2) is 18.8. The summed E-state index contributed by atoms with van der Waals surface area (Å²) in [6, 6.07) is -1.39. The van der Waals surface area contributed by atoms with Gasteiger partial charge in [0, 0.05) is 0 Å². The molecule has 2 atom stereocenters. The number of hydrogen-bond acceptors (Lipinski definition) is 4. The van der Waals surface area contributed by atoms with Crippen LogP contribution < -0.4 is 21.3 Å². The number of nitrogens with one attached hydrogen (secondary N) is 4. The molecule has 0 saturated carbocycles. The van der Waals surface area contributed by atoms with Gasteiger partial charge >= 0.3 is 208 Å². The number of hydrogen-bond donors (Lipinski definition) is 4. The molecule has 4 radical (unpaired) electrons. The molecular formula is C21H38N4O4Sn2. The summed E-state index contributed by atoms with van der Waals surface area (Å²) in [6.07, 6.45) is 3.68. The van der Waals surface area contributed by atoms with Gasteiger partial charge in [-0.25, -0.2) is 0 Å². The van der Waals surface area contributed by atoms with Crippen LogP contribution in [0.2, 0.25) is 18.2 Å². The average molecular weight is 648 g/mol. The maximum absolute atomic E-state index is 12.8. The van der Waals surface area contributed by atoms with Crippen molar-refractivity contribution in [3.63, 3.8) is 0 Å².